The van der Waals surface area contributed by atoms with Crippen molar-refractivity contribution in [3.8, 4) is 11.3 Å². The molecule has 0 N–H and O–H groups in total. The average molecular weight is 386 g/mol. The first-order valence-electron chi connectivity index (χ1n) is 7.18. The highest BCUT2D eigenvalue weighted by Gasteiger charge is 2.07. The van der Waals surface area contributed by atoms with Crippen LogP contribution in [0.5, 0.6) is 0 Å². The minimum absolute atomic E-state index is 0.866. The summed E-state index contributed by atoms with van der Waals surface area (Å²) in [5.41, 5.74) is 4.44. The normalized spacial score (nSPS) is 12.2. The SMILES string of the molecule is CN=c1scc(-c2cccc(Br)c2)n1/N=C/c1ccccc1C. The Bertz CT molecular complexity index is 922. The first kappa shape index (κ1) is 15.9. The van der Waals surface area contributed by atoms with Gasteiger partial charge in [0, 0.05) is 22.5 Å². The molecule has 0 saturated heterocycles. The van der Waals surface area contributed by atoms with Gasteiger partial charge in [-0.3, -0.25) is 4.99 Å². The molecule has 0 fully saturated rings. The number of thiazole rings is 1. The van der Waals surface area contributed by atoms with Gasteiger partial charge in [0.05, 0.1) is 11.9 Å². The summed E-state index contributed by atoms with van der Waals surface area (Å²) in [6.45, 7) is 2.08. The molecule has 1 aromatic heterocycles. The molecule has 0 saturated carbocycles. The van der Waals surface area contributed by atoms with Crippen LogP contribution < -0.4 is 4.80 Å². The monoisotopic (exact) mass is 385 g/mol. The van der Waals surface area contributed by atoms with Crippen molar-refractivity contribution in [3.63, 3.8) is 0 Å². The van der Waals surface area contributed by atoms with Gasteiger partial charge in [-0.2, -0.15) is 5.10 Å². The largest absolute Gasteiger partial charge is 0.261 e. The summed E-state index contributed by atoms with van der Waals surface area (Å²) in [4.78, 5) is 5.20. The number of benzene rings is 2. The summed E-state index contributed by atoms with van der Waals surface area (Å²) in [5.74, 6) is 0. The third-order valence-electron chi connectivity index (χ3n) is 3.50. The van der Waals surface area contributed by atoms with Gasteiger partial charge >= 0.3 is 0 Å². The second kappa shape index (κ2) is 7.06. The van der Waals surface area contributed by atoms with Crippen LogP contribution in [0.1, 0.15) is 11.1 Å². The van der Waals surface area contributed by atoms with Crippen molar-refractivity contribution in [2.24, 2.45) is 10.1 Å². The van der Waals surface area contributed by atoms with E-state index in [0.717, 1.165) is 26.1 Å². The van der Waals surface area contributed by atoms with Crippen molar-refractivity contribution >= 4 is 33.5 Å². The molecule has 0 spiro atoms. The molecule has 0 aliphatic carbocycles. The number of halogens is 1. The second-order valence-corrected chi connectivity index (χ2v) is 6.80. The molecule has 0 bridgehead atoms. The van der Waals surface area contributed by atoms with Crippen LogP contribution in [0.2, 0.25) is 0 Å². The molecule has 2 aromatic carbocycles. The minimum atomic E-state index is 0.866. The molecule has 3 aromatic rings. The van der Waals surface area contributed by atoms with Crippen LogP contribution in [0.3, 0.4) is 0 Å². The van der Waals surface area contributed by atoms with Crippen LogP contribution in [-0.2, 0) is 0 Å². The summed E-state index contributed by atoms with van der Waals surface area (Å²) >= 11 is 5.11. The fourth-order valence-corrected chi connectivity index (χ4v) is 3.46. The van der Waals surface area contributed by atoms with E-state index in [1.54, 1.807) is 18.4 Å². The van der Waals surface area contributed by atoms with Crippen LogP contribution in [0.25, 0.3) is 11.3 Å². The van der Waals surface area contributed by atoms with Crippen LogP contribution in [0.15, 0.2) is 68.5 Å². The molecule has 5 heteroatoms. The van der Waals surface area contributed by atoms with Gasteiger partial charge in [0.15, 0.2) is 0 Å². The van der Waals surface area contributed by atoms with E-state index in [-0.39, 0.29) is 0 Å². The highest BCUT2D eigenvalue weighted by atomic mass is 79.9. The van der Waals surface area contributed by atoms with Gasteiger partial charge in [-0.05, 0) is 30.2 Å². The number of rotatable bonds is 3. The molecule has 0 atom stereocenters. The second-order valence-electron chi connectivity index (χ2n) is 5.05. The number of nitrogens with zero attached hydrogens (tertiary/aromatic N) is 3. The summed E-state index contributed by atoms with van der Waals surface area (Å²) < 4.78 is 2.93. The number of aryl methyl sites for hydroxylation is 1. The van der Waals surface area contributed by atoms with E-state index in [1.807, 2.05) is 35.2 Å². The number of hydrogen-bond donors (Lipinski definition) is 0. The Morgan fingerprint density at radius 2 is 1.96 bits per heavy atom. The van der Waals surface area contributed by atoms with Crippen molar-refractivity contribution in [1.29, 1.82) is 0 Å². The fraction of sp³-hybridized carbons (Fsp3) is 0.111. The van der Waals surface area contributed by atoms with Crippen LogP contribution in [-0.4, -0.2) is 17.9 Å². The summed E-state index contributed by atoms with van der Waals surface area (Å²) in [5, 5.41) is 6.75. The molecular formula is C18H16BrN3S. The third-order valence-corrected chi connectivity index (χ3v) is 4.90. The zero-order valence-electron chi connectivity index (χ0n) is 12.9. The van der Waals surface area contributed by atoms with Crippen molar-refractivity contribution in [3.05, 3.63) is 74.3 Å². The van der Waals surface area contributed by atoms with Crippen molar-refractivity contribution < 1.29 is 0 Å². The van der Waals surface area contributed by atoms with Gasteiger partial charge in [-0.15, -0.1) is 11.3 Å². The predicted molar refractivity (Wildman–Crippen MR) is 101 cm³/mol. The number of hydrogen-bond acceptors (Lipinski definition) is 3. The Morgan fingerprint density at radius 3 is 2.70 bits per heavy atom. The Balaban J connectivity index is 2.09. The molecule has 0 radical (unpaired) electrons. The lowest BCUT2D eigenvalue weighted by atomic mass is 10.1. The fourth-order valence-electron chi connectivity index (χ4n) is 2.26. The quantitative estimate of drug-likeness (QED) is 0.584. The zero-order chi connectivity index (χ0) is 16.2. The lowest BCUT2D eigenvalue weighted by Crippen LogP contribution is -2.11. The molecule has 0 aliphatic rings. The lowest BCUT2D eigenvalue weighted by Gasteiger charge is -2.04. The Hall–Kier alpha value is -1.98. The summed E-state index contributed by atoms with van der Waals surface area (Å²) in [6.07, 6.45) is 1.89. The van der Waals surface area contributed by atoms with Crippen molar-refractivity contribution in [2.45, 2.75) is 6.92 Å². The van der Waals surface area contributed by atoms with E-state index in [4.69, 9.17) is 0 Å². The van der Waals surface area contributed by atoms with Gasteiger partial charge in [-0.25, -0.2) is 4.68 Å². The van der Waals surface area contributed by atoms with Gasteiger partial charge < -0.3 is 0 Å². The molecule has 23 heavy (non-hydrogen) atoms. The standard InChI is InChI=1S/C18H16BrN3S/c1-13-6-3-4-7-15(13)11-21-22-17(12-23-18(22)20-2)14-8-5-9-16(19)10-14/h3-12H,1-2H3/b20-18?,21-11+. The van der Waals surface area contributed by atoms with Gasteiger partial charge in [-0.1, -0.05) is 52.3 Å². The highest BCUT2D eigenvalue weighted by molar-refractivity contribution is 9.10. The first-order valence-corrected chi connectivity index (χ1v) is 8.85. The first-order chi connectivity index (χ1) is 11.2. The van der Waals surface area contributed by atoms with E-state index in [1.165, 1.54) is 5.56 Å². The smallest absolute Gasteiger partial charge is 0.205 e. The summed E-state index contributed by atoms with van der Waals surface area (Å²) in [6, 6.07) is 16.4. The summed E-state index contributed by atoms with van der Waals surface area (Å²) in [7, 11) is 1.79. The van der Waals surface area contributed by atoms with Crippen LogP contribution >= 0.6 is 27.3 Å². The lowest BCUT2D eigenvalue weighted by molar-refractivity contribution is 0.848. The highest BCUT2D eigenvalue weighted by Crippen LogP contribution is 2.23. The van der Waals surface area contributed by atoms with E-state index in [0.29, 0.717) is 0 Å². The molecule has 0 unspecified atom stereocenters. The van der Waals surface area contributed by atoms with Crippen molar-refractivity contribution in [2.75, 3.05) is 7.05 Å². The molecule has 3 nitrogen and oxygen atoms in total. The average Bonchev–Trinajstić information content (AvgIpc) is 2.97. The molecule has 0 amide bonds. The maximum atomic E-state index is 4.67. The van der Waals surface area contributed by atoms with Crippen molar-refractivity contribution in [1.82, 2.24) is 4.68 Å². The molecule has 3 rings (SSSR count). The minimum Gasteiger partial charge on any atom is -0.261 e. The van der Waals surface area contributed by atoms with Gasteiger partial charge in [0.25, 0.3) is 0 Å². The molecule has 116 valence electrons. The Morgan fingerprint density at radius 1 is 1.13 bits per heavy atom. The van der Waals surface area contributed by atoms with Gasteiger partial charge in [0.2, 0.25) is 4.80 Å². The third kappa shape index (κ3) is 3.51. The predicted octanol–water partition coefficient (Wildman–Crippen LogP) is 4.70. The molecular weight excluding hydrogens is 370 g/mol. The maximum absolute atomic E-state index is 4.67. The zero-order valence-corrected chi connectivity index (χ0v) is 15.3. The Labute approximate surface area is 147 Å². The van der Waals surface area contributed by atoms with Crippen LogP contribution in [0, 0.1) is 6.92 Å². The van der Waals surface area contributed by atoms with E-state index >= 15 is 0 Å². The van der Waals surface area contributed by atoms with E-state index in [2.05, 4.69) is 62.6 Å². The van der Waals surface area contributed by atoms with E-state index < -0.39 is 0 Å². The Kier molecular flexibility index (Phi) is 4.88. The number of aromatic nitrogens is 1. The van der Waals surface area contributed by atoms with E-state index in [9.17, 15) is 0 Å². The van der Waals surface area contributed by atoms with Gasteiger partial charge in [0.1, 0.15) is 0 Å². The molecule has 1 heterocycles. The maximum Gasteiger partial charge on any atom is 0.205 e. The topological polar surface area (TPSA) is 29.6 Å². The molecule has 0 aliphatic heterocycles. The van der Waals surface area contributed by atoms with Crippen LogP contribution in [0.4, 0.5) is 0 Å².